The molecule has 0 atom stereocenters. The van der Waals surface area contributed by atoms with Crippen LogP contribution in [0.4, 0.5) is 5.69 Å². The molecule has 1 aromatic heterocycles. The highest BCUT2D eigenvalue weighted by Gasteiger charge is 2.15. The van der Waals surface area contributed by atoms with Gasteiger partial charge in [-0.2, -0.15) is 4.57 Å². The largest absolute Gasteiger partial charge is 0.398 e. The Morgan fingerprint density at radius 1 is 0.826 bits per heavy atom. The predicted octanol–water partition coefficient (Wildman–Crippen LogP) is 4.80. The molecule has 0 saturated heterocycles. The lowest BCUT2D eigenvalue weighted by atomic mass is 9.98. The Labute approximate surface area is 143 Å². The minimum atomic E-state index is 0.844. The molecule has 0 aliphatic carbocycles. The molecule has 0 aliphatic rings. The molecular formula is C20H18BrN2+. The Balaban J connectivity index is 2.18. The van der Waals surface area contributed by atoms with E-state index < -0.39 is 0 Å². The van der Waals surface area contributed by atoms with Crippen molar-refractivity contribution in [2.75, 3.05) is 11.1 Å². The van der Waals surface area contributed by atoms with E-state index in [1.165, 1.54) is 27.1 Å². The number of aryl methyl sites for hydroxylation is 1. The van der Waals surface area contributed by atoms with Crippen LogP contribution in [0, 0.1) is 0 Å². The highest BCUT2D eigenvalue weighted by atomic mass is 79.9. The summed E-state index contributed by atoms with van der Waals surface area (Å²) in [4.78, 5) is 0. The van der Waals surface area contributed by atoms with E-state index in [1.54, 1.807) is 0 Å². The average molecular weight is 366 g/mol. The summed E-state index contributed by atoms with van der Waals surface area (Å²) in [5, 5.41) is 7.12. The number of anilines is 1. The van der Waals surface area contributed by atoms with Gasteiger partial charge in [-0.25, -0.2) is 0 Å². The van der Waals surface area contributed by atoms with Crippen molar-refractivity contribution in [3.8, 4) is 0 Å². The first-order valence-electron chi connectivity index (χ1n) is 7.87. The van der Waals surface area contributed by atoms with Crippen LogP contribution in [0.25, 0.3) is 32.4 Å². The number of para-hydroxylation sites is 1. The Bertz CT molecular complexity index is 1020. The third-order valence-corrected chi connectivity index (χ3v) is 5.00. The van der Waals surface area contributed by atoms with Gasteiger partial charge in [-0.05, 0) is 17.5 Å². The van der Waals surface area contributed by atoms with Crippen LogP contribution >= 0.6 is 15.9 Å². The van der Waals surface area contributed by atoms with Crippen molar-refractivity contribution in [1.29, 1.82) is 0 Å². The molecule has 23 heavy (non-hydrogen) atoms. The van der Waals surface area contributed by atoms with E-state index in [2.05, 4.69) is 75.2 Å². The molecule has 0 unspecified atom stereocenters. The lowest BCUT2D eigenvalue weighted by Gasteiger charge is -2.10. The lowest BCUT2D eigenvalue weighted by molar-refractivity contribution is -0.669. The van der Waals surface area contributed by atoms with E-state index in [-0.39, 0.29) is 0 Å². The van der Waals surface area contributed by atoms with Gasteiger partial charge < -0.3 is 5.73 Å². The van der Waals surface area contributed by atoms with Crippen LogP contribution in [0.2, 0.25) is 0 Å². The van der Waals surface area contributed by atoms with Gasteiger partial charge in [0.15, 0.2) is 6.20 Å². The number of benzene rings is 3. The fraction of sp³-hybridized carbons (Fsp3) is 0.150. The third-order valence-electron chi connectivity index (χ3n) is 4.44. The number of nitrogens with zero attached hydrogens (tertiary/aromatic N) is 1. The summed E-state index contributed by atoms with van der Waals surface area (Å²) in [5.74, 6) is 0. The molecule has 3 heteroatoms. The van der Waals surface area contributed by atoms with E-state index in [9.17, 15) is 0 Å². The van der Waals surface area contributed by atoms with Crippen LogP contribution in [0.5, 0.6) is 0 Å². The van der Waals surface area contributed by atoms with E-state index in [0.29, 0.717) is 0 Å². The number of pyridine rings is 1. The van der Waals surface area contributed by atoms with Crippen LogP contribution < -0.4 is 10.3 Å². The summed E-state index contributed by atoms with van der Waals surface area (Å²) in [6, 6.07) is 19.1. The normalized spacial score (nSPS) is 11.5. The second-order valence-electron chi connectivity index (χ2n) is 5.85. The molecule has 3 aromatic carbocycles. The zero-order valence-corrected chi connectivity index (χ0v) is 14.4. The van der Waals surface area contributed by atoms with Crippen molar-refractivity contribution in [3.63, 3.8) is 0 Å². The smallest absolute Gasteiger partial charge is 0.213 e. The molecular weight excluding hydrogens is 348 g/mol. The number of alkyl halides is 1. The summed E-state index contributed by atoms with van der Waals surface area (Å²) in [6.45, 7) is 1.00. The first-order valence-corrected chi connectivity index (χ1v) is 9.00. The number of nitrogens with two attached hydrogens (primary N) is 1. The fourth-order valence-electron chi connectivity index (χ4n) is 3.38. The molecule has 0 bridgehead atoms. The fourth-order valence-corrected chi connectivity index (χ4v) is 3.63. The number of hydrogen-bond acceptors (Lipinski definition) is 1. The van der Waals surface area contributed by atoms with Gasteiger partial charge in [0.25, 0.3) is 0 Å². The van der Waals surface area contributed by atoms with Crippen LogP contribution in [0.3, 0.4) is 0 Å². The topological polar surface area (TPSA) is 29.9 Å². The van der Waals surface area contributed by atoms with Crippen LogP contribution in [-0.4, -0.2) is 5.33 Å². The highest BCUT2D eigenvalue weighted by molar-refractivity contribution is 9.09. The van der Waals surface area contributed by atoms with Crippen LogP contribution in [0.1, 0.15) is 6.42 Å². The van der Waals surface area contributed by atoms with Crippen molar-refractivity contribution in [1.82, 2.24) is 0 Å². The number of halogens is 1. The monoisotopic (exact) mass is 365 g/mol. The number of aromatic nitrogens is 1. The van der Waals surface area contributed by atoms with Gasteiger partial charge in [0, 0.05) is 34.3 Å². The molecule has 0 amide bonds. The molecule has 1 heterocycles. The first-order chi connectivity index (χ1) is 11.3. The second kappa shape index (κ2) is 5.82. The summed E-state index contributed by atoms with van der Waals surface area (Å²) in [7, 11) is 0. The summed E-state index contributed by atoms with van der Waals surface area (Å²) < 4.78 is 2.36. The van der Waals surface area contributed by atoms with Gasteiger partial charge in [-0.1, -0.05) is 52.3 Å². The summed E-state index contributed by atoms with van der Waals surface area (Å²) in [6.07, 6.45) is 3.38. The van der Waals surface area contributed by atoms with Crippen molar-refractivity contribution in [3.05, 3.63) is 60.8 Å². The molecule has 2 N–H and O–H groups in total. The number of fused-ring (bicyclic) bond motifs is 5. The molecule has 114 valence electrons. The van der Waals surface area contributed by atoms with Crippen molar-refractivity contribution in [2.24, 2.45) is 0 Å². The zero-order valence-electron chi connectivity index (χ0n) is 12.8. The maximum Gasteiger partial charge on any atom is 0.213 e. The molecule has 0 spiro atoms. The van der Waals surface area contributed by atoms with Crippen molar-refractivity contribution >= 4 is 54.1 Å². The van der Waals surface area contributed by atoms with E-state index in [0.717, 1.165) is 29.4 Å². The molecule has 0 fully saturated rings. The van der Waals surface area contributed by atoms with E-state index in [4.69, 9.17) is 5.73 Å². The van der Waals surface area contributed by atoms with Gasteiger partial charge in [0.2, 0.25) is 5.52 Å². The Morgan fingerprint density at radius 2 is 1.52 bits per heavy atom. The number of nitrogen functional groups attached to an aromatic ring is 1. The van der Waals surface area contributed by atoms with Crippen LogP contribution in [0.15, 0.2) is 60.8 Å². The predicted molar refractivity (Wildman–Crippen MR) is 102 cm³/mol. The van der Waals surface area contributed by atoms with E-state index in [1.807, 2.05) is 6.07 Å². The quantitative estimate of drug-likeness (QED) is 0.240. The Kier molecular flexibility index (Phi) is 3.66. The zero-order chi connectivity index (χ0) is 15.8. The van der Waals surface area contributed by atoms with Gasteiger partial charge >= 0.3 is 0 Å². The third kappa shape index (κ3) is 2.36. The molecule has 0 aliphatic heterocycles. The molecule has 4 rings (SSSR count). The van der Waals surface area contributed by atoms with Crippen LogP contribution in [-0.2, 0) is 6.54 Å². The Hall–Kier alpha value is -2.13. The summed E-state index contributed by atoms with van der Waals surface area (Å²) in [5.41, 5.74) is 8.42. The van der Waals surface area contributed by atoms with E-state index >= 15 is 0 Å². The summed E-state index contributed by atoms with van der Waals surface area (Å²) >= 11 is 3.54. The standard InChI is InChI=1S/C20H17BrN2/c21-10-5-11-23-13-18-14-6-1-2-7-15(14)19(22)12-17(18)16-8-3-4-9-20(16)23/h1-4,6-9,12-13,22H,5,10-11H2/p+1. The molecule has 4 aromatic rings. The molecule has 2 nitrogen and oxygen atoms in total. The lowest BCUT2D eigenvalue weighted by Crippen LogP contribution is -2.34. The van der Waals surface area contributed by atoms with Crippen molar-refractivity contribution < 1.29 is 4.57 Å². The SMILES string of the molecule is Nc1cc2c(c[n+](CCCBr)c3ccccc23)c2ccccc12. The van der Waals surface area contributed by atoms with Gasteiger partial charge in [0.05, 0.1) is 10.8 Å². The maximum absolute atomic E-state index is 6.32. The highest BCUT2D eigenvalue weighted by Crippen LogP contribution is 2.33. The second-order valence-corrected chi connectivity index (χ2v) is 6.65. The number of rotatable bonds is 3. The average Bonchev–Trinajstić information content (AvgIpc) is 2.60. The molecule has 0 radical (unpaired) electrons. The van der Waals surface area contributed by atoms with Crippen molar-refractivity contribution in [2.45, 2.75) is 13.0 Å². The van der Waals surface area contributed by atoms with Gasteiger partial charge in [0.1, 0.15) is 6.54 Å². The minimum Gasteiger partial charge on any atom is -0.398 e. The maximum atomic E-state index is 6.32. The minimum absolute atomic E-state index is 0.844. The van der Waals surface area contributed by atoms with Gasteiger partial charge in [-0.15, -0.1) is 0 Å². The first kappa shape index (κ1) is 14.5. The van der Waals surface area contributed by atoms with Gasteiger partial charge in [-0.3, -0.25) is 0 Å². The number of hydrogen-bond donors (Lipinski definition) is 1. The molecule has 0 saturated carbocycles. The Morgan fingerprint density at radius 3 is 2.30 bits per heavy atom.